The van der Waals surface area contributed by atoms with Gasteiger partial charge in [-0.05, 0) is 38.8 Å². The predicted octanol–water partition coefficient (Wildman–Crippen LogP) is 0.623. The largest absolute Gasteiger partial charge is 0.377 e. The van der Waals surface area contributed by atoms with Gasteiger partial charge in [-0.2, -0.15) is 0 Å². The zero-order chi connectivity index (χ0) is 11.4. The molecule has 0 aromatic rings. The van der Waals surface area contributed by atoms with E-state index in [1.165, 1.54) is 12.8 Å². The van der Waals surface area contributed by atoms with Crippen molar-refractivity contribution >= 4 is 5.91 Å². The van der Waals surface area contributed by atoms with Crippen LogP contribution in [0.15, 0.2) is 0 Å². The van der Waals surface area contributed by atoms with E-state index < -0.39 is 0 Å². The molecule has 2 heterocycles. The standard InChI is InChI=1S/C12H22N2O2/c1-13-12(15)10-4-6-14(7-5-10)9-11-3-2-8-16-11/h10-11H,2-9H2,1H3,(H,13,15). The van der Waals surface area contributed by atoms with Gasteiger partial charge in [0.25, 0.3) is 0 Å². The summed E-state index contributed by atoms with van der Waals surface area (Å²) in [5, 5.41) is 2.74. The van der Waals surface area contributed by atoms with E-state index in [2.05, 4.69) is 10.2 Å². The zero-order valence-corrected chi connectivity index (χ0v) is 10.1. The summed E-state index contributed by atoms with van der Waals surface area (Å²) in [6, 6.07) is 0. The first-order chi connectivity index (χ1) is 7.79. The van der Waals surface area contributed by atoms with Crippen LogP contribution in [0.2, 0.25) is 0 Å². The molecular formula is C12H22N2O2. The lowest BCUT2D eigenvalue weighted by molar-refractivity contribution is -0.126. The van der Waals surface area contributed by atoms with E-state index in [4.69, 9.17) is 4.74 Å². The van der Waals surface area contributed by atoms with Gasteiger partial charge in [-0.15, -0.1) is 0 Å². The molecule has 0 bridgehead atoms. The second kappa shape index (κ2) is 5.64. The molecule has 1 amide bonds. The fourth-order valence-corrected chi connectivity index (χ4v) is 2.66. The Kier molecular flexibility index (Phi) is 4.18. The lowest BCUT2D eigenvalue weighted by Crippen LogP contribution is -2.42. The number of hydrogen-bond acceptors (Lipinski definition) is 3. The predicted molar refractivity (Wildman–Crippen MR) is 62.2 cm³/mol. The summed E-state index contributed by atoms with van der Waals surface area (Å²) in [5.74, 6) is 0.433. The molecule has 2 rings (SSSR count). The van der Waals surface area contributed by atoms with E-state index in [-0.39, 0.29) is 11.8 Å². The van der Waals surface area contributed by atoms with Crippen LogP contribution in [0.3, 0.4) is 0 Å². The number of rotatable bonds is 3. The van der Waals surface area contributed by atoms with Crippen LogP contribution in [-0.4, -0.2) is 50.2 Å². The number of carbonyl (C=O) groups is 1. The number of likely N-dealkylation sites (tertiary alicyclic amines) is 1. The Morgan fingerprint density at radius 1 is 1.38 bits per heavy atom. The van der Waals surface area contributed by atoms with Gasteiger partial charge in [0.1, 0.15) is 0 Å². The van der Waals surface area contributed by atoms with E-state index >= 15 is 0 Å². The first-order valence-corrected chi connectivity index (χ1v) is 6.35. The molecule has 1 atom stereocenters. The highest BCUT2D eigenvalue weighted by atomic mass is 16.5. The van der Waals surface area contributed by atoms with E-state index in [0.29, 0.717) is 6.10 Å². The summed E-state index contributed by atoms with van der Waals surface area (Å²) in [5.41, 5.74) is 0. The Morgan fingerprint density at radius 2 is 2.12 bits per heavy atom. The van der Waals surface area contributed by atoms with Crippen LogP contribution in [0, 0.1) is 5.92 Å². The van der Waals surface area contributed by atoms with Gasteiger partial charge in [0.2, 0.25) is 5.91 Å². The quantitative estimate of drug-likeness (QED) is 0.767. The maximum absolute atomic E-state index is 11.5. The van der Waals surface area contributed by atoms with Crippen molar-refractivity contribution in [3.05, 3.63) is 0 Å². The summed E-state index contributed by atoms with van der Waals surface area (Å²) >= 11 is 0. The number of amides is 1. The molecule has 0 aromatic heterocycles. The van der Waals surface area contributed by atoms with Gasteiger partial charge < -0.3 is 15.0 Å². The van der Waals surface area contributed by atoms with Crippen molar-refractivity contribution in [2.45, 2.75) is 31.8 Å². The lowest BCUT2D eigenvalue weighted by Gasteiger charge is -2.32. The van der Waals surface area contributed by atoms with Crippen molar-refractivity contribution in [2.24, 2.45) is 5.92 Å². The molecule has 0 radical (unpaired) electrons. The monoisotopic (exact) mass is 226 g/mol. The van der Waals surface area contributed by atoms with Crippen molar-refractivity contribution in [1.82, 2.24) is 10.2 Å². The molecule has 1 unspecified atom stereocenters. The maximum Gasteiger partial charge on any atom is 0.222 e. The molecule has 0 aromatic carbocycles. The van der Waals surface area contributed by atoms with Crippen LogP contribution in [-0.2, 0) is 9.53 Å². The smallest absolute Gasteiger partial charge is 0.222 e. The van der Waals surface area contributed by atoms with E-state index in [0.717, 1.165) is 39.1 Å². The van der Waals surface area contributed by atoms with Gasteiger partial charge in [-0.25, -0.2) is 0 Å². The summed E-state index contributed by atoms with van der Waals surface area (Å²) in [6.45, 7) is 4.07. The third-order valence-corrected chi connectivity index (χ3v) is 3.69. The molecule has 4 heteroatoms. The third-order valence-electron chi connectivity index (χ3n) is 3.69. The highest BCUT2D eigenvalue weighted by Gasteiger charge is 2.26. The van der Waals surface area contributed by atoms with Crippen molar-refractivity contribution in [1.29, 1.82) is 0 Å². The fourth-order valence-electron chi connectivity index (χ4n) is 2.66. The Bertz CT molecular complexity index is 231. The molecule has 0 aliphatic carbocycles. The van der Waals surface area contributed by atoms with E-state index in [9.17, 15) is 4.79 Å². The number of nitrogens with one attached hydrogen (secondary N) is 1. The topological polar surface area (TPSA) is 41.6 Å². The molecule has 2 aliphatic heterocycles. The molecule has 0 saturated carbocycles. The van der Waals surface area contributed by atoms with Crippen molar-refractivity contribution in [2.75, 3.05) is 33.3 Å². The molecule has 2 saturated heterocycles. The highest BCUT2D eigenvalue weighted by Crippen LogP contribution is 2.20. The molecule has 4 nitrogen and oxygen atoms in total. The van der Waals surface area contributed by atoms with Gasteiger partial charge in [-0.3, -0.25) is 4.79 Å². The molecule has 1 N–H and O–H groups in total. The number of ether oxygens (including phenoxy) is 1. The minimum absolute atomic E-state index is 0.205. The Morgan fingerprint density at radius 3 is 2.69 bits per heavy atom. The van der Waals surface area contributed by atoms with E-state index in [1.54, 1.807) is 7.05 Å². The van der Waals surface area contributed by atoms with Gasteiger partial charge in [0.15, 0.2) is 0 Å². The number of piperidine rings is 1. The third kappa shape index (κ3) is 2.95. The number of carbonyl (C=O) groups excluding carboxylic acids is 1. The lowest BCUT2D eigenvalue weighted by atomic mass is 9.96. The van der Waals surface area contributed by atoms with Crippen LogP contribution in [0.4, 0.5) is 0 Å². The van der Waals surface area contributed by atoms with Crippen LogP contribution in [0.5, 0.6) is 0 Å². The average molecular weight is 226 g/mol. The first-order valence-electron chi connectivity index (χ1n) is 6.35. The molecule has 92 valence electrons. The van der Waals surface area contributed by atoms with Gasteiger partial charge in [0, 0.05) is 26.1 Å². The highest BCUT2D eigenvalue weighted by molar-refractivity contribution is 5.78. The van der Waals surface area contributed by atoms with Gasteiger partial charge >= 0.3 is 0 Å². The summed E-state index contributed by atoms with van der Waals surface area (Å²) in [4.78, 5) is 13.9. The van der Waals surface area contributed by atoms with Crippen LogP contribution in [0.25, 0.3) is 0 Å². The van der Waals surface area contributed by atoms with Gasteiger partial charge in [0.05, 0.1) is 6.10 Å². The molecule has 0 spiro atoms. The minimum Gasteiger partial charge on any atom is -0.377 e. The summed E-state index contributed by atoms with van der Waals surface area (Å²) < 4.78 is 5.63. The van der Waals surface area contributed by atoms with Crippen LogP contribution < -0.4 is 5.32 Å². The fraction of sp³-hybridized carbons (Fsp3) is 0.917. The van der Waals surface area contributed by atoms with Crippen molar-refractivity contribution < 1.29 is 9.53 Å². The summed E-state index contributed by atoms with van der Waals surface area (Å²) in [7, 11) is 1.72. The van der Waals surface area contributed by atoms with Gasteiger partial charge in [-0.1, -0.05) is 0 Å². The average Bonchev–Trinajstić information content (AvgIpc) is 2.82. The molecular weight excluding hydrogens is 204 g/mol. The summed E-state index contributed by atoms with van der Waals surface area (Å²) in [6.07, 6.45) is 4.84. The normalized spacial score (nSPS) is 28.2. The maximum atomic E-state index is 11.5. The van der Waals surface area contributed by atoms with Crippen LogP contribution >= 0.6 is 0 Å². The molecule has 2 aliphatic rings. The van der Waals surface area contributed by atoms with Crippen molar-refractivity contribution in [3.8, 4) is 0 Å². The molecule has 16 heavy (non-hydrogen) atoms. The van der Waals surface area contributed by atoms with E-state index in [1.807, 2.05) is 0 Å². The second-order valence-corrected chi connectivity index (χ2v) is 4.82. The first kappa shape index (κ1) is 11.9. The molecule has 2 fully saturated rings. The SMILES string of the molecule is CNC(=O)C1CCN(CC2CCCO2)CC1. The zero-order valence-electron chi connectivity index (χ0n) is 10.1. The second-order valence-electron chi connectivity index (χ2n) is 4.82. The Balaban J connectivity index is 1.70. The minimum atomic E-state index is 0.205. The number of hydrogen-bond donors (Lipinski definition) is 1. The van der Waals surface area contributed by atoms with Crippen LogP contribution in [0.1, 0.15) is 25.7 Å². The number of nitrogens with zero attached hydrogens (tertiary/aromatic N) is 1. The Labute approximate surface area is 97.3 Å². The van der Waals surface area contributed by atoms with Crippen molar-refractivity contribution in [3.63, 3.8) is 0 Å². The Hall–Kier alpha value is -0.610.